The lowest BCUT2D eigenvalue weighted by molar-refractivity contribution is 0.256. The van der Waals surface area contributed by atoms with Crippen molar-refractivity contribution >= 4 is 11.6 Å². The summed E-state index contributed by atoms with van der Waals surface area (Å²) >= 11 is 0. The summed E-state index contributed by atoms with van der Waals surface area (Å²) in [6.07, 6.45) is 3.85. The summed E-state index contributed by atoms with van der Waals surface area (Å²) < 4.78 is 27.4. The lowest BCUT2D eigenvalue weighted by Gasteiger charge is -2.15. The Labute approximate surface area is 171 Å². The van der Waals surface area contributed by atoms with Crippen LogP contribution in [0.5, 0.6) is 29.3 Å². The van der Waals surface area contributed by atoms with E-state index in [1.165, 1.54) is 0 Å². The van der Waals surface area contributed by atoms with E-state index in [0.717, 1.165) is 25.7 Å². The van der Waals surface area contributed by atoms with Crippen LogP contribution in [0.4, 0.5) is 11.6 Å². The second-order valence-electron chi connectivity index (χ2n) is 6.17. The Balaban J connectivity index is 2.29. The quantitative estimate of drug-likeness (QED) is 0.495. The van der Waals surface area contributed by atoms with Crippen molar-refractivity contribution in [1.82, 2.24) is 15.0 Å². The molecule has 0 bridgehead atoms. The van der Waals surface area contributed by atoms with Gasteiger partial charge in [-0.15, -0.1) is 4.98 Å². The van der Waals surface area contributed by atoms with E-state index in [1.807, 2.05) is 0 Å². The molecule has 0 atom stereocenters. The fourth-order valence-corrected chi connectivity index (χ4v) is 2.42. The van der Waals surface area contributed by atoms with Crippen molar-refractivity contribution in [1.29, 1.82) is 0 Å². The van der Waals surface area contributed by atoms with E-state index >= 15 is 0 Å². The number of ether oxygens (including phenoxy) is 5. The maximum atomic E-state index is 5.65. The van der Waals surface area contributed by atoms with Crippen molar-refractivity contribution in [3.63, 3.8) is 0 Å². The number of anilines is 2. The molecule has 1 N–H and O–H groups in total. The van der Waals surface area contributed by atoms with Crippen molar-refractivity contribution in [2.75, 3.05) is 39.9 Å². The topological polar surface area (TPSA) is 96.9 Å². The molecule has 1 heterocycles. The Hall–Kier alpha value is -2.97. The number of aromatic nitrogens is 3. The first-order valence-electron chi connectivity index (χ1n) is 9.73. The zero-order chi connectivity index (χ0) is 21.1. The van der Waals surface area contributed by atoms with Crippen molar-refractivity contribution in [2.24, 2.45) is 0 Å². The summed E-state index contributed by atoms with van der Waals surface area (Å²) in [7, 11) is 4.67. The second-order valence-corrected chi connectivity index (χ2v) is 6.17. The van der Waals surface area contributed by atoms with Crippen LogP contribution in [0, 0.1) is 0 Å². The molecule has 0 unspecified atom stereocenters. The van der Waals surface area contributed by atoms with Gasteiger partial charge in [0.2, 0.25) is 11.7 Å². The molecule has 0 aliphatic heterocycles. The van der Waals surface area contributed by atoms with Gasteiger partial charge >= 0.3 is 12.0 Å². The highest BCUT2D eigenvalue weighted by Crippen LogP contribution is 2.40. The van der Waals surface area contributed by atoms with E-state index < -0.39 is 0 Å². The van der Waals surface area contributed by atoms with E-state index in [9.17, 15) is 0 Å². The predicted molar refractivity (Wildman–Crippen MR) is 110 cm³/mol. The lowest BCUT2D eigenvalue weighted by atomic mass is 10.2. The van der Waals surface area contributed by atoms with Crippen LogP contribution in [0.3, 0.4) is 0 Å². The molecule has 9 heteroatoms. The molecule has 2 aromatic rings. The van der Waals surface area contributed by atoms with Crippen LogP contribution in [0.2, 0.25) is 0 Å². The lowest BCUT2D eigenvalue weighted by Crippen LogP contribution is -2.09. The van der Waals surface area contributed by atoms with E-state index in [1.54, 1.807) is 33.5 Å². The van der Waals surface area contributed by atoms with Crippen molar-refractivity contribution < 1.29 is 23.7 Å². The van der Waals surface area contributed by atoms with E-state index in [-0.39, 0.29) is 12.0 Å². The number of hydrogen-bond donors (Lipinski definition) is 1. The first-order valence-corrected chi connectivity index (χ1v) is 9.73. The highest BCUT2D eigenvalue weighted by Gasteiger charge is 2.15. The molecule has 0 saturated heterocycles. The largest absolute Gasteiger partial charge is 0.493 e. The van der Waals surface area contributed by atoms with Crippen molar-refractivity contribution in [3.05, 3.63) is 12.1 Å². The Bertz CT molecular complexity index is 719. The number of nitrogens with one attached hydrogen (secondary N) is 1. The van der Waals surface area contributed by atoms with Gasteiger partial charge in [-0.3, -0.25) is 0 Å². The molecule has 0 fully saturated rings. The van der Waals surface area contributed by atoms with Gasteiger partial charge in [0.15, 0.2) is 11.5 Å². The van der Waals surface area contributed by atoms with Crippen molar-refractivity contribution in [3.8, 4) is 29.3 Å². The molecule has 2 rings (SSSR count). The molecule has 0 saturated carbocycles. The molecule has 0 aliphatic carbocycles. The molecule has 0 aliphatic rings. The minimum Gasteiger partial charge on any atom is -0.493 e. The van der Waals surface area contributed by atoms with Crippen LogP contribution in [-0.2, 0) is 0 Å². The van der Waals surface area contributed by atoms with Gasteiger partial charge in [0.05, 0.1) is 34.5 Å². The minimum absolute atomic E-state index is 0.217. The van der Waals surface area contributed by atoms with Crippen molar-refractivity contribution in [2.45, 2.75) is 39.5 Å². The van der Waals surface area contributed by atoms with Gasteiger partial charge in [-0.05, 0) is 12.8 Å². The fraction of sp³-hybridized carbons (Fsp3) is 0.550. The predicted octanol–water partition coefficient (Wildman–Crippen LogP) is 4.00. The molecule has 9 nitrogen and oxygen atoms in total. The van der Waals surface area contributed by atoms with E-state index in [4.69, 9.17) is 23.7 Å². The third-order valence-electron chi connectivity index (χ3n) is 3.97. The molecule has 29 heavy (non-hydrogen) atoms. The maximum Gasteiger partial charge on any atom is 0.324 e. The molecule has 0 spiro atoms. The van der Waals surface area contributed by atoms with Gasteiger partial charge < -0.3 is 29.0 Å². The summed E-state index contributed by atoms with van der Waals surface area (Å²) in [6, 6.07) is 3.96. The van der Waals surface area contributed by atoms with Gasteiger partial charge in [0.1, 0.15) is 0 Å². The summed E-state index contributed by atoms with van der Waals surface area (Å²) in [4.78, 5) is 12.9. The fourth-order valence-electron chi connectivity index (χ4n) is 2.42. The number of rotatable bonds is 13. The molecule has 0 amide bonds. The average Bonchev–Trinajstić information content (AvgIpc) is 2.73. The standard InChI is InChI=1S/C20H30N4O5/c1-6-8-10-28-19-22-18(23-20(24-19)29-11-9-7-2)21-14-12-15(25-3)17(27-5)16(13-14)26-4/h12-13H,6-11H2,1-5H3,(H,21,22,23,24). The van der Waals surface area contributed by atoms with Gasteiger partial charge in [0.25, 0.3) is 0 Å². The third kappa shape index (κ3) is 6.55. The second kappa shape index (κ2) is 11.8. The zero-order valence-corrected chi connectivity index (χ0v) is 17.8. The number of hydrogen-bond acceptors (Lipinski definition) is 9. The smallest absolute Gasteiger partial charge is 0.324 e. The Morgan fingerprint density at radius 2 is 1.28 bits per heavy atom. The Morgan fingerprint density at radius 1 is 0.759 bits per heavy atom. The Kier molecular flexibility index (Phi) is 9.07. The molecule has 160 valence electrons. The summed E-state index contributed by atoms with van der Waals surface area (Å²) in [5, 5.41) is 3.13. The van der Waals surface area contributed by atoms with Gasteiger partial charge in [0, 0.05) is 17.8 Å². The molecule has 1 aromatic heterocycles. The molecular formula is C20H30N4O5. The van der Waals surface area contributed by atoms with Gasteiger partial charge in [-0.25, -0.2) is 0 Å². The molecule has 0 radical (unpaired) electrons. The maximum absolute atomic E-state index is 5.65. The van der Waals surface area contributed by atoms with Crippen LogP contribution >= 0.6 is 0 Å². The highest BCUT2D eigenvalue weighted by atomic mass is 16.5. The monoisotopic (exact) mass is 406 g/mol. The number of unbranched alkanes of at least 4 members (excludes halogenated alkanes) is 2. The highest BCUT2D eigenvalue weighted by molar-refractivity contribution is 5.65. The van der Waals surface area contributed by atoms with Gasteiger partial charge in [-0.2, -0.15) is 9.97 Å². The SMILES string of the molecule is CCCCOc1nc(Nc2cc(OC)c(OC)c(OC)c2)nc(OCCCC)n1. The van der Waals surface area contributed by atoms with Crippen LogP contribution in [-0.4, -0.2) is 49.5 Å². The summed E-state index contributed by atoms with van der Waals surface area (Å²) in [5.41, 5.74) is 0.657. The Morgan fingerprint density at radius 3 is 1.69 bits per heavy atom. The molecule has 1 aromatic carbocycles. The summed E-state index contributed by atoms with van der Waals surface area (Å²) in [6.45, 7) is 5.23. The average molecular weight is 406 g/mol. The normalized spacial score (nSPS) is 10.4. The zero-order valence-electron chi connectivity index (χ0n) is 17.8. The van der Waals surface area contributed by atoms with Crippen LogP contribution in [0.1, 0.15) is 39.5 Å². The van der Waals surface area contributed by atoms with E-state index in [2.05, 4.69) is 34.1 Å². The molecular weight excluding hydrogens is 376 g/mol. The first kappa shape index (κ1) is 22.3. The number of nitrogens with zero attached hydrogens (tertiary/aromatic N) is 3. The van der Waals surface area contributed by atoms with Crippen LogP contribution in [0.25, 0.3) is 0 Å². The minimum atomic E-state index is 0.217. The van der Waals surface area contributed by atoms with E-state index in [0.29, 0.717) is 42.1 Å². The number of methoxy groups -OCH3 is 3. The first-order chi connectivity index (χ1) is 14.1. The third-order valence-corrected chi connectivity index (χ3v) is 3.97. The summed E-state index contributed by atoms with van der Waals surface area (Å²) in [5.74, 6) is 1.83. The van der Waals surface area contributed by atoms with Gasteiger partial charge in [-0.1, -0.05) is 26.7 Å². The number of benzene rings is 1. The van der Waals surface area contributed by atoms with Crippen LogP contribution < -0.4 is 29.0 Å². The van der Waals surface area contributed by atoms with Crippen LogP contribution in [0.15, 0.2) is 12.1 Å².